The van der Waals surface area contributed by atoms with Crippen molar-refractivity contribution in [3.05, 3.63) is 41.4 Å². The molecule has 0 saturated heterocycles. The zero-order valence-corrected chi connectivity index (χ0v) is 6.97. The molecule has 0 aliphatic heterocycles. The summed E-state index contributed by atoms with van der Waals surface area (Å²) in [7, 11) is 0. The summed E-state index contributed by atoms with van der Waals surface area (Å²) in [5, 5.41) is 11.7. The van der Waals surface area contributed by atoms with Gasteiger partial charge < -0.3 is 5.11 Å². The van der Waals surface area contributed by atoms with Crippen LogP contribution < -0.4 is 0 Å². The quantitative estimate of drug-likeness (QED) is 0.656. The van der Waals surface area contributed by atoms with Gasteiger partial charge in [0, 0.05) is 16.5 Å². The summed E-state index contributed by atoms with van der Waals surface area (Å²) in [5.41, 5.74) is 0. The molecule has 0 bridgehead atoms. The molecule has 2 rings (SSSR count). The van der Waals surface area contributed by atoms with Crippen molar-refractivity contribution in [2.24, 2.45) is 0 Å². The number of benzene rings is 2. The molecule has 0 saturated carbocycles. The van der Waals surface area contributed by atoms with Crippen LogP contribution in [0.3, 0.4) is 0 Å². The van der Waals surface area contributed by atoms with Crippen molar-refractivity contribution in [1.29, 1.82) is 0 Å². The Morgan fingerprint density at radius 2 is 2.08 bits per heavy atom. The van der Waals surface area contributed by atoms with Gasteiger partial charge in [0.05, 0.1) is 0 Å². The van der Waals surface area contributed by atoms with Gasteiger partial charge >= 0.3 is 0 Å². The number of halogens is 1. The summed E-state index contributed by atoms with van der Waals surface area (Å²) in [6, 6.07) is 11.6. The topological polar surface area (TPSA) is 20.2 Å². The molecule has 0 spiro atoms. The Morgan fingerprint density at radius 3 is 2.92 bits per heavy atom. The fourth-order valence-electron chi connectivity index (χ4n) is 1.18. The van der Waals surface area contributed by atoms with E-state index in [1.54, 1.807) is 18.2 Å². The Hall–Kier alpha value is -1.21. The van der Waals surface area contributed by atoms with Gasteiger partial charge in [-0.1, -0.05) is 17.7 Å². The van der Waals surface area contributed by atoms with Crippen molar-refractivity contribution in [2.75, 3.05) is 0 Å². The molecule has 12 heavy (non-hydrogen) atoms. The maximum Gasteiger partial charge on any atom is 0.131 e. The first kappa shape index (κ1) is 7.44. The largest absolute Gasteiger partial charge is 0.507 e. The lowest BCUT2D eigenvalue weighted by Gasteiger charge is -1.99. The van der Waals surface area contributed by atoms with Crippen LogP contribution in [0.15, 0.2) is 30.3 Å². The molecule has 0 aromatic heterocycles. The van der Waals surface area contributed by atoms with E-state index in [9.17, 15) is 5.11 Å². The Balaban J connectivity index is 2.86. The average molecular weight is 178 g/mol. The summed E-state index contributed by atoms with van der Waals surface area (Å²) in [5.74, 6) is 0.171. The van der Waals surface area contributed by atoms with Crippen LogP contribution in [0.2, 0.25) is 5.02 Å². The fraction of sp³-hybridized carbons (Fsp3) is 0. The second-order valence-corrected chi connectivity index (χ2v) is 2.99. The molecule has 0 unspecified atom stereocenters. The van der Waals surface area contributed by atoms with E-state index >= 15 is 0 Å². The molecule has 1 radical (unpaired) electrons. The van der Waals surface area contributed by atoms with Gasteiger partial charge in [-0.3, -0.25) is 0 Å². The minimum absolute atomic E-state index is 0.171. The zero-order chi connectivity index (χ0) is 8.55. The number of hydrogen-bond acceptors (Lipinski definition) is 1. The van der Waals surface area contributed by atoms with E-state index in [2.05, 4.69) is 6.07 Å². The zero-order valence-electron chi connectivity index (χ0n) is 6.21. The van der Waals surface area contributed by atoms with E-state index in [1.807, 2.05) is 12.1 Å². The number of phenolic OH excluding ortho intramolecular Hbond substituents is 1. The van der Waals surface area contributed by atoms with Crippen LogP contribution in [0.5, 0.6) is 5.75 Å². The first-order valence-electron chi connectivity index (χ1n) is 3.56. The van der Waals surface area contributed by atoms with Crippen LogP contribution in [-0.2, 0) is 0 Å². The van der Waals surface area contributed by atoms with Crippen molar-refractivity contribution >= 4 is 22.4 Å². The van der Waals surface area contributed by atoms with Crippen LogP contribution >= 0.6 is 11.6 Å². The molecule has 2 aromatic rings. The van der Waals surface area contributed by atoms with Gasteiger partial charge in [-0.05, 0) is 29.7 Å². The molecule has 1 nitrogen and oxygen atoms in total. The first-order valence-corrected chi connectivity index (χ1v) is 3.94. The number of fused-ring (bicyclic) bond motifs is 1. The molecule has 0 atom stereocenters. The lowest BCUT2D eigenvalue weighted by atomic mass is 10.1. The number of rotatable bonds is 0. The van der Waals surface area contributed by atoms with E-state index < -0.39 is 0 Å². The van der Waals surface area contributed by atoms with E-state index in [4.69, 9.17) is 11.6 Å². The van der Waals surface area contributed by atoms with Gasteiger partial charge in [-0.2, -0.15) is 0 Å². The van der Waals surface area contributed by atoms with E-state index in [0.717, 1.165) is 10.8 Å². The molecule has 0 heterocycles. The maximum atomic E-state index is 9.36. The highest BCUT2D eigenvalue weighted by atomic mass is 35.5. The molecule has 1 N–H and O–H groups in total. The summed E-state index contributed by atoms with van der Waals surface area (Å²) in [4.78, 5) is 0. The molecule has 0 aliphatic carbocycles. The third-order valence-electron chi connectivity index (χ3n) is 1.75. The highest BCUT2D eigenvalue weighted by Crippen LogP contribution is 2.25. The summed E-state index contributed by atoms with van der Waals surface area (Å²) < 4.78 is 0. The number of aromatic hydroxyl groups is 1. The van der Waals surface area contributed by atoms with Crippen molar-refractivity contribution in [3.63, 3.8) is 0 Å². The monoisotopic (exact) mass is 177 g/mol. The molecule has 0 fully saturated rings. The second-order valence-electron chi connectivity index (χ2n) is 2.56. The molecule has 0 amide bonds. The molecule has 2 heteroatoms. The normalized spacial score (nSPS) is 10.4. The Kier molecular flexibility index (Phi) is 1.66. The van der Waals surface area contributed by atoms with Crippen molar-refractivity contribution in [3.8, 4) is 5.75 Å². The Bertz CT molecular complexity index is 423. The third-order valence-corrected chi connectivity index (χ3v) is 1.99. The third kappa shape index (κ3) is 1.12. The van der Waals surface area contributed by atoms with Gasteiger partial charge in [-0.15, -0.1) is 0 Å². The molecular weight excluding hydrogens is 172 g/mol. The van der Waals surface area contributed by atoms with E-state index in [1.165, 1.54) is 0 Å². The predicted molar refractivity (Wildman–Crippen MR) is 49.5 cm³/mol. The van der Waals surface area contributed by atoms with Crippen LogP contribution in [0.25, 0.3) is 10.8 Å². The van der Waals surface area contributed by atoms with E-state index in [-0.39, 0.29) is 5.75 Å². The Labute approximate surface area is 75.2 Å². The van der Waals surface area contributed by atoms with Crippen LogP contribution in [0.4, 0.5) is 0 Å². The van der Waals surface area contributed by atoms with Gasteiger partial charge in [-0.25, -0.2) is 0 Å². The van der Waals surface area contributed by atoms with Crippen molar-refractivity contribution in [2.45, 2.75) is 0 Å². The fourth-order valence-corrected chi connectivity index (χ4v) is 1.36. The average Bonchev–Trinajstić information content (AvgIpc) is 2.04. The lowest BCUT2D eigenvalue weighted by Crippen LogP contribution is -1.73. The molecule has 0 aliphatic rings. The standard InChI is InChI=1S/C10H6ClO/c11-8-4-5-9-7(6-8)2-1-3-10(9)12/h1-2,4-6,12H. The summed E-state index contributed by atoms with van der Waals surface area (Å²) in [6.45, 7) is 0. The van der Waals surface area contributed by atoms with Gasteiger partial charge in [0.2, 0.25) is 0 Å². The van der Waals surface area contributed by atoms with Crippen molar-refractivity contribution in [1.82, 2.24) is 0 Å². The Morgan fingerprint density at radius 1 is 1.25 bits per heavy atom. The predicted octanol–water partition coefficient (Wildman–Crippen LogP) is 3.00. The van der Waals surface area contributed by atoms with Crippen LogP contribution in [0.1, 0.15) is 0 Å². The van der Waals surface area contributed by atoms with Gasteiger partial charge in [0.1, 0.15) is 5.75 Å². The SMILES string of the molecule is Oc1[c]ccc2cc(Cl)ccc12. The first-order chi connectivity index (χ1) is 5.77. The summed E-state index contributed by atoms with van der Waals surface area (Å²) in [6.07, 6.45) is 0. The van der Waals surface area contributed by atoms with Gasteiger partial charge in [0.25, 0.3) is 0 Å². The highest BCUT2D eigenvalue weighted by molar-refractivity contribution is 6.31. The number of hydrogen-bond donors (Lipinski definition) is 1. The van der Waals surface area contributed by atoms with E-state index in [0.29, 0.717) is 5.02 Å². The highest BCUT2D eigenvalue weighted by Gasteiger charge is 1.98. The smallest absolute Gasteiger partial charge is 0.131 e. The molecular formula is C10H6ClO. The minimum atomic E-state index is 0.171. The van der Waals surface area contributed by atoms with Crippen LogP contribution in [-0.4, -0.2) is 5.11 Å². The summed E-state index contributed by atoms with van der Waals surface area (Å²) >= 11 is 5.78. The van der Waals surface area contributed by atoms with Crippen LogP contribution in [0, 0.1) is 6.07 Å². The minimum Gasteiger partial charge on any atom is -0.507 e. The lowest BCUT2D eigenvalue weighted by molar-refractivity contribution is 0.480. The van der Waals surface area contributed by atoms with Gasteiger partial charge in [0.15, 0.2) is 0 Å². The molecule has 59 valence electrons. The second kappa shape index (κ2) is 2.68. The maximum absolute atomic E-state index is 9.36. The van der Waals surface area contributed by atoms with Crippen molar-refractivity contribution < 1.29 is 5.11 Å². The number of phenols is 1. The molecule has 2 aromatic carbocycles.